The lowest BCUT2D eigenvalue weighted by molar-refractivity contribution is 0.0708. The molecule has 0 atom stereocenters. The lowest BCUT2D eigenvalue weighted by Crippen LogP contribution is -2.46. The molecule has 0 unspecified atom stereocenters. The summed E-state index contributed by atoms with van der Waals surface area (Å²) in [5.41, 5.74) is 5.94. The van der Waals surface area contributed by atoms with E-state index in [0.29, 0.717) is 48.1 Å². The van der Waals surface area contributed by atoms with Gasteiger partial charge in [0.2, 0.25) is 5.75 Å². The number of thiocarbonyl (C=S) groups is 1. The predicted molar refractivity (Wildman–Crippen MR) is 145 cm³/mol. The Morgan fingerprint density at radius 1 is 1.11 bits per heavy atom. The summed E-state index contributed by atoms with van der Waals surface area (Å²) in [6, 6.07) is 6.98. The van der Waals surface area contributed by atoms with Crippen LogP contribution in [0.15, 0.2) is 40.3 Å². The Kier molecular flexibility index (Phi) is 9.02. The Labute approximate surface area is 229 Å². The number of aromatic nitrogens is 1. The largest absolute Gasteiger partial charge is 0.493 e. The Bertz CT molecular complexity index is 1270. The number of methoxy groups -OCH3 is 3. The van der Waals surface area contributed by atoms with E-state index < -0.39 is 0 Å². The average molecular weight is 560 g/mol. The SMILES string of the molecule is COc1ccc(C(=O)N2CCC(c3nc(C(=O)NNC(=S)NCc4ccco4)cs3)CC2)c(OC)c1OC. The van der Waals surface area contributed by atoms with E-state index in [2.05, 4.69) is 21.2 Å². The number of carbonyl (C=O) groups excluding carboxylic acids is 2. The molecule has 13 heteroatoms. The van der Waals surface area contributed by atoms with Gasteiger partial charge < -0.3 is 28.8 Å². The topological polar surface area (TPSA) is 127 Å². The van der Waals surface area contributed by atoms with Gasteiger partial charge in [-0.15, -0.1) is 11.3 Å². The van der Waals surface area contributed by atoms with Crippen LogP contribution in [0.25, 0.3) is 0 Å². The van der Waals surface area contributed by atoms with Crippen molar-refractivity contribution in [2.45, 2.75) is 25.3 Å². The van der Waals surface area contributed by atoms with Gasteiger partial charge in [0, 0.05) is 24.4 Å². The van der Waals surface area contributed by atoms with Gasteiger partial charge in [-0.25, -0.2) is 4.98 Å². The lowest BCUT2D eigenvalue weighted by Gasteiger charge is -2.31. The number of carbonyl (C=O) groups is 2. The van der Waals surface area contributed by atoms with Crippen LogP contribution in [0.3, 0.4) is 0 Å². The van der Waals surface area contributed by atoms with Gasteiger partial charge in [-0.3, -0.25) is 20.4 Å². The highest BCUT2D eigenvalue weighted by Crippen LogP contribution is 2.40. The number of rotatable bonds is 8. The van der Waals surface area contributed by atoms with E-state index in [1.165, 1.54) is 32.7 Å². The van der Waals surface area contributed by atoms with Crippen molar-refractivity contribution >= 4 is 40.5 Å². The molecule has 1 aliphatic rings. The molecule has 1 aliphatic heterocycles. The summed E-state index contributed by atoms with van der Waals surface area (Å²) < 4.78 is 21.4. The van der Waals surface area contributed by atoms with Gasteiger partial charge in [-0.1, -0.05) is 0 Å². The highest BCUT2D eigenvalue weighted by atomic mass is 32.1. The number of thiazole rings is 1. The summed E-state index contributed by atoms with van der Waals surface area (Å²) >= 11 is 6.60. The fraction of sp³-hybridized carbons (Fsp3) is 0.360. The fourth-order valence-electron chi connectivity index (χ4n) is 4.15. The molecule has 0 saturated carbocycles. The molecule has 0 bridgehead atoms. The summed E-state index contributed by atoms with van der Waals surface area (Å²) in [4.78, 5) is 32.1. The molecule has 11 nitrogen and oxygen atoms in total. The zero-order valence-corrected chi connectivity index (χ0v) is 22.9. The zero-order valence-electron chi connectivity index (χ0n) is 21.2. The molecule has 0 radical (unpaired) electrons. The smallest absolute Gasteiger partial charge is 0.289 e. The number of likely N-dealkylation sites (tertiary alicyclic amines) is 1. The molecule has 1 fully saturated rings. The molecule has 2 amide bonds. The highest BCUT2D eigenvalue weighted by Gasteiger charge is 2.30. The Morgan fingerprint density at radius 3 is 2.53 bits per heavy atom. The van der Waals surface area contributed by atoms with Crippen LogP contribution in [-0.2, 0) is 6.54 Å². The fourth-order valence-corrected chi connectivity index (χ4v) is 5.25. The minimum atomic E-state index is -0.386. The second kappa shape index (κ2) is 12.6. The van der Waals surface area contributed by atoms with Crippen LogP contribution < -0.4 is 30.4 Å². The Hall–Kier alpha value is -3.84. The summed E-state index contributed by atoms with van der Waals surface area (Å²) in [5, 5.41) is 5.78. The maximum Gasteiger partial charge on any atom is 0.289 e. The minimum Gasteiger partial charge on any atom is -0.493 e. The third-order valence-corrected chi connectivity index (χ3v) is 7.37. The van der Waals surface area contributed by atoms with Crippen LogP contribution in [0.4, 0.5) is 0 Å². The van der Waals surface area contributed by atoms with E-state index in [1.54, 1.807) is 34.7 Å². The quantitative estimate of drug-likeness (QED) is 0.280. The van der Waals surface area contributed by atoms with E-state index in [4.69, 9.17) is 30.8 Å². The first-order chi connectivity index (χ1) is 18.4. The summed E-state index contributed by atoms with van der Waals surface area (Å²) in [7, 11) is 4.54. The molecule has 38 heavy (non-hydrogen) atoms. The monoisotopic (exact) mass is 559 g/mol. The third kappa shape index (κ3) is 6.17. The summed E-state index contributed by atoms with van der Waals surface area (Å²) in [6.45, 7) is 1.51. The van der Waals surface area contributed by atoms with E-state index in [-0.39, 0.29) is 22.8 Å². The van der Waals surface area contributed by atoms with Crippen molar-refractivity contribution in [1.82, 2.24) is 26.1 Å². The van der Waals surface area contributed by atoms with E-state index in [1.807, 2.05) is 6.07 Å². The van der Waals surface area contributed by atoms with Crippen molar-refractivity contribution in [3.05, 3.63) is 57.9 Å². The first-order valence-corrected chi connectivity index (χ1v) is 13.1. The van der Waals surface area contributed by atoms with Crippen molar-refractivity contribution < 1.29 is 28.2 Å². The molecule has 1 aromatic carbocycles. The molecular weight excluding hydrogens is 530 g/mol. The molecule has 3 aromatic rings. The Morgan fingerprint density at radius 2 is 1.87 bits per heavy atom. The second-order valence-corrected chi connectivity index (χ2v) is 9.66. The molecule has 3 N–H and O–H groups in total. The maximum atomic E-state index is 13.3. The van der Waals surface area contributed by atoms with Crippen molar-refractivity contribution in [2.75, 3.05) is 34.4 Å². The van der Waals surface area contributed by atoms with Gasteiger partial charge in [-0.05, 0) is 49.3 Å². The zero-order chi connectivity index (χ0) is 27.1. The first kappa shape index (κ1) is 27.2. The number of nitrogens with zero attached hydrogens (tertiary/aromatic N) is 2. The molecule has 202 valence electrons. The highest BCUT2D eigenvalue weighted by molar-refractivity contribution is 7.80. The maximum absolute atomic E-state index is 13.3. The second-order valence-electron chi connectivity index (χ2n) is 8.36. The number of nitrogens with one attached hydrogen (secondary N) is 3. The predicted octanol–water partition coefficient (Wildman–Crippen LogP) is 3.09. The van der Waals surface area contributed by atoms with Crippen LogP contribution in [0, 0.1) is 0 Å². The van der Waals surface area contributed by atoms with Crippen LogP contribution in [0.1, 0.15) is 50.4 Å². The van der Waals surface area contributed by atoms with E-state index in [0.717, 1.165) is 23.6 Å². The third-order valence-electron chi connectivity index (χ3n) is 6.11. The molecule has 3 heterocycles. The number of amides is 2. The molecule has 0 spiro atoms. The van der Waals surface area contributed by atoms with Crippen LogP contribution in [-0.4, -0.2) is 61.2 Å². The van der Waals surface area contributed by atoms with Crippen LogP contribution >= 0.6 is 23.6 Å². The molecule has 1 saturated heterocycles. The summed E-state index contributed by atoms with van der Waals surface area (Å²) in [5.74, 6) is 1.57. The van der Waals surface area contributed by atoms with Crippen LogP contribution in [0.2, 0.25) is 0 Å². The average Bonchev–Trinajstić information content (AvgIpc) is 3.66. The normalized spacial score (nSPS) is 13.5. The van der Waals surface area contributed by atoms with Gasteiger partial charge in [0.25, 0.3) is 11.8 Å². The van der Waals surface area contributed by atoms with Gasteiger partial charge in [0.15, 0.2) is 16.6 Å². The van der Waals surface area contributed by atoms with Crippen molar-refractivity contribution in [3.8, 4) is 17.2 Å². The molecular formula is C25H29N5O6S2. The standard InChI is InChI=1S/C25H29N5O6S2/c1-33-19-7-6-17(20(34-2)21(19)35-3)24(32)30-10-8-15(9-11-30)23-27-18(14-38-23)22(31)28-29-25(37)26-13-16-5-4-12-36-16/h4-7,12,14-15H,8-11,13H2,1-3H3,(H,28,31)(H2,26,29,37). The van der Waals surface area contributed by atoms with E-state index >= 15 is 0 Å². The number of hydrazine groups is 1. The van der Waals surface area contributed by atoms with Crippen LogP contribution in [0.5, 0.6) is 17.2 Å². The number of ether oxygens (including phenoxy) is 3. The number of hydrogen-bond donors (Lipinski definition) is 3. The number of benzene rings is 1. The van der Waals surface area contributed by atoms with Gasteiger partial charge in [0.05, 0.1) is 44.7 Å². The van der Waals surface area contributed by atoms with Gasteiger partial charge >= 0.3 is 0 Å². The van der Waals surface area contributed by atoms with Crippen molar-refractivity contribution in [1.29, 1.82) is 0 Å². The van der Waals surface area contributed by atoms with Gasteiger partial charge in [0.1, 0.15) is 11.5 Å². The van der Waals surface area contributed by atoms with Gasteiger partial charge in [-0.2, -0.15) is 0 Å². The number of furan rings is 1. The Balaban J connectivity index is 1.29. The number of piperidine rings is 1. The van der Waals surface area contributed by atoms with Crippen molar-refractivity contribution in [2.24, 2.45) is 0 Å². The molecule has 0 aliphatic carbocycles. The lowest BCUT2D eigenvalue weighted by atomic mass is 9.97. The molecule has 4 rings (SSSR count). The molecule has 2 aromatic heterocycles. The summed E-state index contributed by atoms with van der Waals surface area (Å²) in [6.07, 6.45) is 3.04. The number of hydrogen-bond acceptors (Lipinski definition) is 9. The first-order valence-electron chi connectivity index (χ1n) is 11.8. The minimum absolute atomic E-state index is 0.136. The van der Waals surface area contributed by atoms with E-state index in [9.17, 15) is 9.59 Å². The van der Waals surface area contributed by atoms with Crippen molar-refractivity contribution in [3.63, 3.8) is 0 Å².